The van der Waals surface area contributed by atoms with E-state index in [0.717, 1.165) is 19.5 Å². The predicted octanol–water partition coefficient (Wildman–Crippen LogP) is 3.19. The van der Waals surface area contributed by atoms with Crippen molar-refractivity contribution < 1.29 is 4.92 Å². The number of rotatable bonds is 4. The number of nitrogens with one attached hydrogen (secondary N) is 1. The molecule has 0 unspecified atom stereocenters. The zero-order valence-corrected chi connectivity index (χ0v) is 14.3. The van der Waals surface area contributed by atoms with Crippen LogP contribution in [0.25, 0.3) is 0 Å². The minimum Gasteiger partial charge on any atom is -0.378 e. The van der Waals surface area contributed by atoms with E-state index in [0.29, 0.717) is 23.5 Å². The average Bonchev–Trinajstić information content (AvgIpc) is 2.54. The number of nitrogen functional groups attached to an aromatic ring is 1. The summed E-state index contributed by atoms with van der Waals surface area (Å²) >= 11 is 0. The Bertz CT molecular complexity index is 757. The van der Waals surface area contributed by atoms with E-state index in [4.69, 9.17) is 5.73 Å². The van der Waals surface area contributed by atoms with Crippen LogP contribution in [0.4, 0.5) is 29.0 Å². The number of hydrogen-bond acceptors (Lipinski definition) is 7. The molecule has 132 valence electrons. The van der Waals surface area contributed by atoms with Gasteiger partial charge in [-0.25, -0.2) is 0 Å². The van der Waals surface area contributed by atoms with Crippen molar-refractivity contribution in [2.24, 2.45) is 11.8 Å². The van der Waals surface area contributed by atoms with E-state index in [9.17, 15) is 10.1 Å². The molecule has 1 aliphatic rings. The molecule has 3 N–H and O–H groups in total. The molecule has 0 amide bonds. The molecule has 25 heavy (non-hydrogen) atoms. The van der Waals surface area contributed by atoms with Crippen molar-refractivity contribution in [3.63, 3.8) is 0 Å². The molecule has 0 spiro atoms. The van der Waals surface area contributed by atoms with E-state index in [1.165, 1.54) is 0 Å². The first kappa shape index (κ1) is 16.9. The maximum Gasteiger partial charge on any atom is 0.353 e. The average molecular weight is 342 g/mol. The van der Waals surface area contributed by atoms with Crippen molar-refractivity contribution in [1.82, 2.24) is 9.97 Å². The van der Waals surface area contributed by atoms with Crippen LogP contribution in [0.15, 0.2) is 30.3 Å². The number of nitrogens with zero attached hydrogens (tertiary/aromatic N) is 4. The molecule has 1 aromatic heterocycles. The van der Waals surface area contributed by atoms with Crippen molar-refractivity contribution in [3.05, 3.63) is 40.4 Å². The SMILES string of the molecule is C[C@@H]1C[C@@H](C)CN(c2nc(N)c([N+](=O)[O-])c(Nc3ccccc3)n2)C1. The fraction of sp³-hybridized carbons (Fsp3) is 0.412. The number of anilines is 4. The highest BCUT2D eigenvalue weighted by Crippen LogP contribution is 2.33. The summed E-state index contributed by atoms with van der Waals surface area (Å²) < 4.78 is 0. The summed E-state index contributed by atoms with van der Waals surface area (Å²) in [5.41, 5.74) is 6.30. The molecule has 2 heterocycles. The second-order valence-corrected chi connectivity index (χ2v) is 6.71. The first-order valence-corrected chi connectivity index (χ1v) is 8.33. The molecule has 2 atom stereocenters. The van der Waals surface area contributed by atoms with Crippen LogP contribution in [0, 0.1) is 22.0 Å². The van der Waals surface area contributed by atoms with Crippen molar-refractivity contribution in [2.45, 2.75) is 20.3 Å². The molecule has 1 aliphatic heterocycles. The van der Waals surface area contributed by atoms with Gasteiger partial charge in [-0.15, -0.1) is 0 Å². The summed E-state index contributed by atoms with van der Waals surface area (Å²) in [6, 6.07) is 9.18. The molecule has 1 saturated heterocycles. The lowest BCUT2D eigenvalue weighted by Crippen LogP contribution is -2.39. The normalized spacial score (nSPS) is 20.3. The van der Waals surface area contributed by atoms with Crippen molar-refractivity contribution in [1.29, 1.82) is 0 Å². The molecular weight excluding hydrogens is 320 g/mol. The van der Waals surface area contributed by atoms with Crippen LogP contribution >= 0.6 is 0 Å². The summed E-state index contributed by atoms with van der Waals surface area (Å²) in [6.45, 7) is 5.99. The Kier molecular flexibility index (Phi) is 4.69. The maximum absolute atomic E-state index is 11.4. The Labute approximate surface area is 146 Å². The highest BCUT2D eigenvalue weighted by molar-refractivity contribution is 5.74. The highest BCUT2D eigenvalue weighted by atomic mass is 16.6. The van der Waals surface area contributed by atoms with Gasteiger partial charge >= 0.3 is 5.69 Å². The highest BCUT2D eigenvalue weighted by Gasteiger charge is 2.28. The Morgan fingerprint density at radius 3 is 2.44 bits per heavy atom. The van der Waals surface area contributed by atoms with Gasteiger partial charge in [-0.2, -0.15) is 9.97 Å². The number of para-hydroxylation sites is 1. The molecule has 0 bridgehead atoms. The molecule has 0 aliphatic carbocycles. The first-order chi connectivity index (χ1) is 11.9. The van der Waals surface area contributed by atoms with Gasteiger partial charge in [0.15, 0.2) is 0 Å². The van der Waals surface area contributed by atoms with Gasteiger partial charge in [0.1, 0.15) is 0 Å². The predicted molar refractivity (Wildman–Crippen MR) is 98.0 cm³/mol. The lowest BCUT2D eigenvalue weighted by atomic mass is 9.92. The third-order valence-electron chi connectivity index (χ3n) is 4.27. The number of nitro groups is 1. The topological polar surface area (TPSA) is 110 Å². The molecule has 1 aromatic carbocycles. The minimum atomic E-state index is -0.550. The zero-order chi connectivity index (χ0) is 18.0. The molecule has 8 nitrogen and oxygen atoms in total. The third-order valence-corrected chi connectivity index (χ3v) is 4.27. The monoisotopic (exact) mass is 342 g/mol. The van der Waals surface area contributed by atoms with E-state index >= 15 is 0 Å². The zero-order valence-electron chi connectivity index (χ0n) is 14.3. The first-order valence-electron chi connectivity index (χ1n) is 8.33. The Balaban J connectivity index is 1.99. The number of nitrogens with two attached hydrogens (primary N) is 1. The van der Waals surface area contributed by atoms with Crippen molar-refractivity contribution in [3.8, 4) is 0 Å². The smallest absolute Gasteiger partial charge is 0.353 e. The number of hydrogen-bond donors (Lipinski definition) is 2. The van der Waals surface area contributed by atoms with Gasteiger partial charge in [0, 0.05) is 18.8 Å². The summed E-state index contributed by atoms with van der Waals surface area (Å²) in [4.78, 5) is 21.5. The van der Waals surface area contributed by atoms with E-state index < -0.39 is 4.92 Å². The van der Waals surface area contributed by atoms with E-state index in [1.807, 2.05) is 30.3 Å². The van der Waals surface area contributed by atoms with Gasteiger partial charge in [-0.1, -0.05) is 32.0 Å². The van der Waals surface area contributed by atoms with Crippen LogP contribution in [0.3, 0.4) is 0 Å². The summed E-state index contributed by atoms with van der Waals surface area (Å²) in [5, 5.41) is 14.4. The quantitative estimate of drug-likeness (QED) is 0.648. The molecule has 0 saturated carbocycles. The molecule has 3 rings (SSSR count). The lowest BCUT2D eigenvalue weighted by molar-refractivity contribution is -0.383. The van der Waals surface area contributed by atoms with Crippen LogP contribution in [0.2, 0.25) is 0 Å². The standard InChI is InChI=1S/C17H22N6O2/c1-11-8-12(2)10-22(9-11)17-20-15(18)14(23(24)25)16(21-17)19-13-6-4-3-5-7-13/h3-7,11-12H,8-10H2,1-2H3,(H3,18,19,20,21)/t11-,12-/m1/s1. The molecular formula is C17H22N6O2. The second kappa shape index (κ2) is 6.92. The molecule has 2 aromatic rings. The van der Waals surface area contributed by atoms with Crippen molar-refractivity contribution >= 4 is 29.0 Å². The molecule has 8 heteroatoms. The van der Waals surface area contributed by atoms with E-state index in [2.05, 4.69) is 34.0 Å². The fourth-order valence-electron chi connectivity index (χ4n) is 3.35. The van der Waals surface area contributed by atoms with Crippen LogP contribution in [0.1, 0.15) is 20.3 Å². The lowest BCUT2D eigenvalue weighted by Gasteiger charge is -2.35. The third kappa shape index (κ3) is 3.78. The summed E-state index contributed by atoms with van der Waals surface area (Å²) in [6.07, 6.45) is 1.15. The van der Waals surface area contributed by atoms with Gasteiger partial charge in [0.25, 0.3) is 0 Å². The minimum absolute atomic E-state index is 0.115. The summed E-state index contributed by atoms with van der Waals surface area (Å²) in [7, 11) is 0. The van der Waals surface area contributed by atoms with Crippen molar-refractivity contribution in [2.75, 3.05) is 29.0 Å². The largest absolute Gasteiger partial charge is 0.378 e. The van der Waals surface area contributed by atoms with Gasteiger partial charge < -0.3 is 16.0 Å². The van der Waals surface area contributed by atoms with Crippen LogP contribution < -0.4 is 16.0 Å². The van der Waals surface area contributed by atoms with Crippen LogP contribution in [0.5, 0.6) is 0 Å². The number of benzene rings is 1. The Morgan fingerprint density at radius 1 is 1.20 bits per heavy atom. The van der Waals surface area contributed by atoms with Gasteiger partial charge in [-0.05, 0) is 30.4 Å². The maximum atomic E-state index is 11.4. The molecule has 0 radical (unpaired) electrons. The van der Waals surface area contributed by atoms with Gasteiger partial charge in [0.05, 0.1) is 4.92 Å². The molecule has 1 fully saturated rings. The fourth-order valence-corrected chi connectivity index (χ4v) is 3.35. The second-order valence-electron chi connectivity index (χ2n) is 6.71. The summed E-state index contributed by atoms with van der Waals surface area (Å²) in [5.74, 6) is 1.44. The van der Waals surface area contributed by atoms with E-state index in [1.54, 1.807) is 0 Å². The van der Waals surface area contributed by atoms with Gasteiger partial charge in [-0.3, -0.25) is 10.1 Å². The Hall–Kier alpha value is -2.90. The Morgan fingerprint density at radius 2 is 1.84 bits per heavy atom. The van der Waals surface area contributed by atoms with Crippen LogP contribution in [-0.2, 0) is 0 Å². The van der Waals surface area contributed by atoms with Crippen LogP contribution in [-0.4, -0.2) is 28.0 Å². The number of aromatic nitrogens is 2. The van der Waals surface area contributed by atoms with E-state index in [-0.39, 0.29) is 17.3 Å². The number of piperidine rings is 1. The van der Waals surface area contributed by atoms with Gasteiger partial charge in [0.2, 0.25) is 17.6 Å².